The first-order valence-corrected chi connectivity index (χ1v) is 9.55. The first kappa shape index (κ1) is 20.4. The van der Waals surface area contributed by atoms with E-state index in [4.69, 9.17) is 10.5 Å². The zero-order chi connectivity index (χ0) is 21.0. The molecule has 2 heterocycles. The summed E-state index contributed by atoms with van der Waals surface area (Å²) in [4.78, 5) is 37.0. The van der Waals surface area contributed by atoms with Crippen LogP contribution >= 0.6 is 0 Å². The Labute approximate surface area is 168 Å². The van der Waals surface area contributed by atoms with Gasteiger partial charge in [0.05, 0.1) is 19.6 Å². The van der Waals surface area contributed by atoms with Crippen molar-refractivity contribution in [3.8, 4) is 6.01 Å². The van der Waals surface area contributed by atoms with Crippen LogP contribution in [0, 0.1) is 0 Å². The number of hydrogen-bond acceptors (Lipinski definition) is 6. The lowest BCUT2D eigenvalue weighted by Crippen LogP contribution is -2.23. The number of aromatic nitrogens is 4. The summed E-state index contributed by atoms with van der Waals surface area (Å²) in [7, 11) is 3.46. The molecule has 0 spiro atoms. The number of hydrogen-bond donors (Lipinski definition) is 2. The zero-order valence-corrected chi connectivity index (χ0v) is 16.9. The second-order valence-corrected chi connectivity index (χ2v) is 7.09. The zero-order valence-electron chi connectivity index (χ0n) is 16.9. The number of unbranched alkanes of at least 4 members (excludes halogenated alkanes) is 1. The lowest BCUT2D eigenvalue weighted by atomic mass is 10.1. The van der Waals surface area contributed by atoms with E-state index < -0.39 is 0 Å². The lowest BCUT2D eigenvalue weighted by Gasteiger charge is -2.10. The van der Waals surface area contributed by atoms with Crippen LogP contribution in [0.3, 0.4) is 0 Å². The summed E-state index contributed by atoms with van der Waals surface area (Å²) in [6.45, 7) is 2.86. The maximum atomic E-state index is 12.4. The Bertz CT molecular complexity index is 1050. The van der Waals surface area contributed by atoms with Gasteiger partial charge in [-0.2, -0.15) is 9.97 Å². The molecule has 0 aliphatic carbocycles. The van der Waals surface area contributed by atoms with Crippen LogP contribution < -0.4 is 16.2 Å². The molecule has 0 saturated heterocycles. The molecule has 0 bridgehead atoms. The van der Waals surface area contributed by atoms with Crippen molar-refractivity contribution in [1.29, 1.82) is 0 Å². The van der Waals surface area contributed by atoms with Gasteiger partial charge in [-0.25, -0.2) is 4.79 Å². The molecule has 0 atom stereocenters. The Morgan fingerprint density at radius 2 is 1.90 bits per heavy atom. The topological polar surface area (TPSA) is 119 Å². The Morgan fingerprint density at radius 1 is 1.21 bits per heavy atom. The molecule has 3 rings (SSSR count). The number of ether oxygens (including phenoxy) is 1. The Morgan fingerprint density at radius 3 is 2.55 bits per heavy atom. The Balaban J connectivity index is 1.84. The molecule has 29 heavy (non-hydrogen) atoms. The van der Waals surface area contributed by atoms with Crippen molar-refractivity contribution in [3.63, 3.8) is 0 Å². The van der Waals surface area contributed by atoms with Crippen LogP contribution in [0.4, 0.5) is 5.82 Å². The minimum Gasteiger partial charge on any atom is -0.463 e. The standard InChI is InChI=1S/C20H26N6O3/c1-4-5-10-29-19-23-17(21)16-18(24-19)26(20(28)22-16)12-14-8-6-13(7-9-14)11-15(27)25(2)3/h6-9H,4-5,10-12H2,1-3H3,(H,22,28)(H2,21,23,24). The minimum atomic E-state index is -0.321. The smallest absolute Gasteiger partial charge is 0.328 e. The van der Waals surface area contributed by atoms with E-state index in [-0.39, 0.29) is 23.4 Å². The summed E-state index contributed by atoms with van der Waals surface area (Å²) in [6.07, 6.45) is 2.20. The molecule has 3 N–H and O–H groups in total. The van der Waals surface area contributed by atoms with Gasteiger partial charge in [0.2, 0.25) is 5.91 Å². The molecule has 1 amide bonds. The molecule has 0 radical (unpaired) electrons. The van der Waals surface area contributed by atoms with Crippen molar-refractivity contribution in [2.45, 2.75) is 32.7 Å². The van der Waals surface area contributed by atoms with Crippen molar-refractivity contribution in [2.24, 2.45) is 0 Å². The van der Waals surface area contributed by atoms with E-state index in [2.05, 4.69) is 21.9 Å². The molecule has 1 aromatic carbocycles. The van der Waals surface area contributed by atoms with Crippen LogP contribution in [0.5, 0.6) is 6.01 Å². The molecule has 154 valence electrons. The van der Waals surface area contributed by atoms with Gasteiger partial charge in [0.15, 0.2) is 11.5 Å². The average Bonchev–Trinajstić information content (AvgIpc) is 3.00. The van der Waals surface area contributed by atoms with Crippen LogP contribution in [0.25, 0.3) is 11.2 Å². The fraction of sp³-hybridized carbons (Fsp3) is 0.400. The fourth-order valence-corrected chi connectivity index (χ4v) is 2.83. The summed E-state index contributed by atoms with van der Waals surface area (Å²) < 4.78 is 7.05. The molecule has 0 aliphatic rings. The van der Waals surface area contributed by atoms with Crippen LogP contribution in [-0.4, -0.2) is 51.0 Å². The third-order valence-electron chi connectivity index (χ3n) is 4.58. The maximum Gasteiger partial charge on any atom is 0.328 e. The molecule has 0 saturated carbocycles. The summed E-state index contributed by atoms with van der Waals surface area (Å²) in [5, 5.41) is 0. The number of aromatic amines is 1. The second kappa shape index (κ2) is 8.76. The van der Waals surface area contributed by atoms with Crippen molar-refractivity contribution < 1.29 is 9.53 Å². The van der Waals surface area contributed by atoms with E-state index in [1.807, 2.05) is 24.3 Å². The van der Waals surface area contributed by atoms with Crippen molar-refractivity contribution >= 4 is 22.9 Å². The molecule has 9 heteroatoms. The highest BCUT2D eigenvalue weighted by atomic mass is 16.5. The number of nitrogen functional groups attached to an aromatic ring is 1. The van der Waals surface area contributed by atoms with Gasteiger partial charge in [0.1, 0.15) is 5.52 Å². The van der Waals surface area contributed by atoms with Gasteiger partial charge in [0, 0.05) is 14.1 Å². The van der Waals surface area contributed by atoms with E-state index >= 15 is 0 Å². The van der Waals surface area contributed by atoms with Crippen molar-refractivity contribution in [3.05, 3.63) is 45.9 Å². The number of benzene rings is 1. The first-order valence-electron chi connectivity index (χ1n) is 9.55. The van der Waals surface area contributed by atoms with Gasteiger partial charge < -0.3 is 20.4 Å². The fourth-order valence-electron chi connectivity index (χ4n) is 2.83. The number of fused-ring (bicyclic) bond motifs is 1. The van der Waals surface area contributed by atoms with E-state index in [1.54, 1.807) is 19.0 Å². The largest absolute Gasteiger partial charge is 0.463 e. The highest BCUT2D eigenvalue weighted by Gasteiger charge is 2.15. The van der Waals surface area contributed by atoms with Gasteiger partial charge in [-0.05, 0) is 17.5 Å². The van der Waals surface area contributed by atoms with E-state index in [0.29, 0.717) is 30.7 Å². The number of imidazole rings is 1. The molecule has 0 aliphatic heterocycles. The molecule has 9 nitrogen and oxygen atoms in total. The number of amides is 1. The molecular weight excluding hydrogens is 372 g/mol. The third kappa shape index (κ3) is 4.74. The predicted molar refractivity (Wildman–Crippen MR) is 111 cm³/mol. The maximum absolute atomic E-state index is 12.4. The number of H-pyrrole nitrogens is 1. The number of rotatable bonds is 8. The van der Waals surface area contributed by atoms with E-state index in [9.17, 15) is 9.59 Å². The van der Waals surface area contributed by atoms with Crippen LogP contribution in [0.15, 0.2) is 29.1 Å². The molecule has 3 aromatic rings. The average molecular weight is 398 g/mol. The number of likely N-dealkylation sites (N-methyl/N-ethyl adjacent to an activating group) is 1. The van der Waals surface area contributed by atoms with Gasteiger partial charge in [0.25, 0.3) is 0 Å². The van der Waals surface area contributed by atoms with Gasteiger partial charge in [-0.3, -0.25) is 9.36 Å². The lowest BCUT2D eigenvalue weighted by molar-refractivity contribution is -0.127. The number of carbonyl (C=O) groups excluding carboxylic acids is 1. The number of nitrogens with two attached hydrogens (primary N) is 1. The Kier molecular flexibility index (Phi) is 6.16. The number of anilines is 1. The van der Waals surface area contributed by atoms with E-state index in [0.717, 1.165) is 24.0 Å². The normalized spacial score (nSPS) is 11.0. The molecule has 2 aromatic heterocycles. The Hall–Kier alpha value is -3.36. The second-order valence-electron chi connectivity index (χ2n) is 7.09. The number of nitrogens with one attached hydrogen (secondary N) is 1. The first-order chi connectivity index (χ1) is 13.9. The molecule has 0 unspecified atom stereocenters. The molecule has 0 fully saturated rings. The summed E-state index contributed by atoms with van der Waals surface area (Å²) in [5.41, 5.74) is 8.27. The number of nitrogens with zero attached hydrogens (tertiary/aromatic N) is 4. The molecular formula is C20H26N6O3. The number of carbonyl (C=O) groups is 1. The van der Waals surface area contributed by atoms with Crippen LogP contribution in [0.2, 0.25) is 0 Å². The highest BCUT2D eigenvalue weighted by molar-refractivity contribution is 5.82. The SMILES string of the molecule is CCCCOc1nc(N)c2[nH]c(=O)n(Cc3ccc(CC(=O)N(C)C)cc3)c2n1. The third-order valence-corrected chi connectivity index (χ3v) is 4.58. The highest BCUT2D eigenvalue weighted by Crippen LogP contribution is 2.19. The van der Waals surface area contributed by atoms with Gasteiger partial charge in [-0.1, -0.05) is 37.6 Å². The summed E-state index contributed by atoms with van der Waals surface area (Å²) in [6, 6.07) is 7.73. The van der Waals surface area contributed by atoms with Crippen LogP contribution in [0.1, 0.15) is 30.9 Å². The van der Waals surface area contributed by atoms with Crippen LogP contribution in [-0.2, 0) is 17.8 Å². The monoisotopic (exact) mass is 398 g/mol. The van der Waals surface area contributed by atoms with Crippen molar-refractivity contribution in [1.82, 2.24) is 24.4 Å². The predicted octanol–water partition coefficient (Wildman–Crippen LogP) is 1.56. The quantitative estimate of drug-likeness (QED) is 0.556. The summed E-state index contributed by atoms with van der Waals surface area (Å²) >= 11 is 0. The summed E-state index contributed by atoms with van der Waals surface area (Å²) in [5.74, 6) is 0.211. The van der Waals surface area contributed by atoms with Crippen molar-refractivity contribution in [2.75, 3.05) is 26.4 Å². The van der Waals surface area contributed by atoms with E-state index in [1.165, 1.54) is 4.57 Å². The minimum absolute atomic E-state index is 0.0355. The van der Waals surface area contributed by atoms with Gasteiger partial charge >= 0.3 is 11.7 Å². The van der Waals surface area contributed by atoms with Gasteiger partial charge in [-0.15, -0.1) is 0 Å².